The second-order valence-electron chi connectivity index (χ2n) is 3.21. The molecule has 64 valence electrons. The maximum atomic E-state index is 11.3. The third-order valence-electron chi connectivity index (χ3n) is 2.47. The number of aromatic nitrogens is 1. The molecule has 1 N–H and O–H groups in total. The van der Waals surface area contributed by atoms with Gasteiger partial charge in [0.1, 0.15) is 5.69 Å². The number of fused-ring (bicyclic) bond motifs is 1. The highest BCUT2D eigenvalue weighted by Gasteiger charge is 2.18. The minimum Gasteiger partial charge on any atom is -0.349 e. The van der Waals surface area contributed by atoms with E-state index in [0.717, 1.165) is 18.8 Å². The number of rotatable bonds is 0. The van der Waals surface area contributed by atoms with Gasteiger partial charge in [0.2, 0.25) is 0 Å². The Hall–Kier alpha value is -1.25. The Morgan fingerprint density at radius 1 is 1.50 bits per heavy atom. The van der Waals surface area contributed by atoms with E-state index in [0.29, 0.717) is 0 Å². The van der Waals surface area contributed by atoms with Crippen molar-refractivity contribution in [3.05, 3.63) is 23.0 Å². The summed E-state index contributed by atoms with van der Waals surface area (Å²) in [7, 11) is 0. The standard InChI is InChI=1S/C9H12N2O/c1-6-5-8-9(12)10-3-4-11(8)7(6)2/h5H,3-4H2,1-2H3,(H,10,12). The molecule has 0 aromatic carbocycles. The summed E-state index contributed by atoms with van der Waals surface area (Å²) < 4.78 is 2.08. The van der Waals surface area contributed by atoms with Gasteiger partial charge in [-0.3, -0.25) is 4.79 Å². The fraction of sp³-hybridized carbons (Fsp3) is 0.444. The topological polar surface area (TPSA) is 34.0 Å². The predicted molar refractivity (Wildman–Crippen MR) is 46.2 cm³/mol. The molecule has 3 heteroatoms. The summed E-state index contributed by atoms with van der Waals surface area (Å²) in [5, 5.41) is 2.82. The van der Waals surface area contributed by atoms with Gasteiger partial charge in [0, 0.05) is 18.8 Å². The van der Waals surface area contributed by atoms with Crippen LogP contribution in [0.15, 0.2) is 6.07 Å². The smallest absolute Gasteiger partial charge is 0.267 e. The van der Waals surface area contributed by atoms with E-state index in [1.54, 1.807) is 0 Å². The molecule has 0 unspecified atom stereocenters. The van der Waals surface area contributed by atoms with Crippen LogP contribution in [0.1, 0.15) is 21.7 Å². The third kappa shape index (κ3) is 0.858. The summed E-state index contributed by atoms with van der Waals surface area (Å²) in [5.74, 6) is 0.0532. The van der Waals surface area contributed by atoms with Gasteiger partial charge in [0.25, 0.3) is 5.91 Å². The fourth-order valence-electron chi connectivity index (χ4n) is 1.63. The Kier molecular flexibility index (Phi) is 1.46. The summed E-state index contributed by atoms with van der Waals surface area (Å²) in [6.07, 6.45) is 0. The monoisotopic (exact) mass is 164 g/mol. The van der Waals surface area contributed by atoms with Gasteiger partial charge in [-0.2, -0.15) is 0 Å². The second-order valence-corrected chi connectivity index (χ2v) is 3.21. The molecule has 1 aliphatic rings. The number of hydrogen-bond donors (Lipinski definition) is 1. The number of carbonyl (C=O) groups excluding carboxylic acids is 1. The van der Waals surface area contributed by atoms with Crippen molar-refractivity contribution in [3.63, 3.8) is 0 Å². The molecular weight excluding hydrogens is 152 g/mol. The van der Waals surface area contributed by atoms with Gasteiger partial charge < -0.3 is 9.88 Å². The molecule has 0 atom stereocenters. The van der Waals surface area contributed by atoms with Crippen LogP contribution in [-0.2, 0) is 6.54 Å². The molecule has 0 saturated carbocycles. The minimum absolute atomic E-state index is 0.0532. The molecule has 0 radical (unpaired) electrons. The number of amides is 1. The number of hydrogen-bond acceptors (Lipinski definition) is 1. The number of aryl methyl sites for hydroxylation is 1. The van der Waals surface area contributed by atoms with E-state index in [1.165, 1.54) is 11.3 Å². The van der Waals surface area contributed by atoms with Crippen LogP contribution in [0.4, 0.5) is 0 Å². The van der Waals surface area contributed by atoms with Gasteiger partial charge in [0.05, 0.1) is 0 Å². The zero-order valence-corrected chi connectivity index (χ0v) is 7.35. The lowest BCUT2D eigenvalue weighted by molar-refractivity contribution is 0.0927. The summed E-state index contributed by atoms with van der Waals surface area (Å²) in [6.45, 7) is 5.74. The SMILES string of the molecule is Cc1cc2n(c1C)CCNC2=O. The molecule has 0 spiro atoms. The third-order valence-corrected chi connectivity index (χ3v) is 2.47. The van der Waals surface area contributed by atoms with E-state index in [2.05, 4.69) is 16.8 Å². The molecule has 12 heavy (non-hydrogen) atoms. The van der Waals surface area contributed by atoms with Gasteiger partial charge >= 0.3 is 0 Å². The first-order chi connectivity index (χ1) is 5.70. The molecule has 1 aromatic heterocycles. The Balaban J connectivity index is 2.60. The Morgan fingerprint density at radius 3 is 2.92 bits per heavy atom. The molecule has 2 rings (SSSR count). The highest BCUT2D eigenvalue weighted by Crippen LogP contribution is 2.16. The number of nitrogens with one attached hydrogen (secondary N) is 1. The van der Waals surface area contributed by atoms with E-state index in [4.69, 9.17) is 0 Å². The quantitative estimate of drug-likeness (QED) is 0.606. The molecule has 2 heterocycles. The van der Waals surface area contributed by atoms with E-state index < -0.39 is 0 Å². The van der Waals surface area contributed by atoms with Crippen molar-refractivity contribution in [1.82, 2.24) is 9.88 Å². The summed E-state index contributed by atoms with van der Waals surface area (Å²) in [6, 6.07) is 1.95. The lowest BCUT2D eigenvalue weighted by Gasteiger charge is -2.17. The molecule has 0 bridgehead atoms. The van der Waals surface area contributed by atoms with E-state index in [1.807, 2.05) is 13.0 Å². The summed E-state index contributed by atoms with van der Waals surface area (Å²) in [5.41, 5.74) is 3.21. The largest absolute Gasteiger partial charge is 0.349 e. The first-order valence-corrected chi connectivity index (χ1v) is 4.15. The fourth-order valence-corrected chi connectivity index (χ4v) is 1.63. The van der Waals surface area contributed by atoms with Crippen molar-refractivity contribution in [2.75, 3.05) is 6.54 Å². The molecule has 3 nitrogen and oxygen atoms in total. The van der Waals surface area contributed by atoms with Crippen molar-refractivity contribution in [1.29, 1.82) is 0 Å². The molecular formula is C9H12N2O. The van der Waals surface area contributed by atoms with Crippen LogP contribution in [0.25, 0.3) is 0 Å². The predicted octanol–water partition coefficient (Wildman–Crippen LogP) is 0.848. The van der Waals surface area contributed by atoms with Crippen molar-refractivity contribution in [2.24, 2.45) is 0 Å². The number of carbonyl (C=O) groups is 1. The summed E-state index contributed by atoms with van der Waals surface area (Å²) >= 11 is 0. The maximum Gasteiger partial charge on any atom is 0.267 e. The van der Waals surface area contributed by atoms with Crippen molar-refractivity contribution in [2.45, 2.75) is 20.4 Å². The lowest BCUT2D eigenvalue weighted by Crippen LogP contribution is -2.35. The minimum atomic E-state index is 0.0532. The van der Waals surface area contributed by atoms with Crippen LogP contribution in [0.3, 0.4) is 0 Å². The van der Waals surface area contributed by atoms with Gasteiger partial charge in [-0.25, -0.2) is 0 Å². The van der Waals surface area contributed by atoms with E-state index >= 15 is 0 Å². The first kappa shape index (κ1) is 7.40. The molecule has 1 aromatic rings. The zero-order valence-electron chi connectivity index (χ0n) is 7.35. The van der Waals surface area contributed by atoms with Gasteiger partial charge in [-0.15, -0.1) is 0 Å². The Labute approximate surface area is 71.4 Å². The lowest BCUT2D eigenvalue weighted by atomic mass is 10.3. The maximum absolute atomic E-state index is 11.3. The van der Waals surface area contributed by atoms with Crippen LogP contribution in [0, 0.1) is 13.8 Å². The molecule has 0 saturated heterocycles. The van der Waals surface area contributed by atoms with Crippen molar-refractivity contribution >= 4 is 5.91 Å². The normalized spacial score (nSPS) is 15.7. The molecule has 1 amide bonds. The van der Waals surface area contributed by atoms with E-state index in [9.17, 15) is 4.79 Å². The van der Waals surface area contributed by atoms with Crippen molar-refractivity contribution < 1.29 is 4.79 Å². The first-order valence-electron chi connectivity index (χ1n) is 4.15. The highest BCUT2D eigenvalue weighted by atomic mass is 16.2. The second kappa shape index (κ2) is 2.37. The van der Waals surface area contributed by atoms with Crippen LogP contribution in [-0.4, -0.2) is 17.0 Å². The Morgan fingerprint density at radius 2 is 2.25 bits per heavy atom. The molecule has 0 aliphatic carbocycles. The average Bonchev–Trinajstić information content (AvgIpc) is 2.32. The van der Waals surface area contributed by atoms with Gasteiger partial charge in [0.15, 0.2) is 0 Å². The number of nitrogens with zero attached hydrogens (tertiary/aromatic N) is 1. The van der Waals surface area contributed by atoms with Crippen LogP contribution >= 0.6 is 0 Å². The van der Waals surface area contributed by atoms with Crippen LogP contribution in [0.2, 0.25) is 0 Å². The van der Waals surface area contributed by atoms with Crippen LogP contribution < -0.4 is 5.32 Å². The Bertz CT molecular complexity index is 339. The van der Waals surface area contributed by atoms with Gasteiger partial charge in [-0.1, -0.05) is 0 Å². The highest BCUT2D eigenvalue weighted by molar-refractivity contribution is 5.93. The molecule has 1 aliphatic heterocycles. The van der Waals surface area contributed by atoms with Gasteiger partial charge in [-0.05, 0) is 25.5 Å². The average molecular weight is 164 g/mol. The van der Waals surface area contributed by atoms with Crippen LogP contribution in [0.5, 0.6) is 0 Å². The molecule has 0 fully saturated rings. The summed E-state index contributed by atoms with van der Waals surface area (Å²) in [4.78, 5) is 11.3. The van der Waals surface area contributed by atoms with E-state index in [-0.39, 0.29) is 5.91 Å². The zero-order chi connectivity index (χ0) is 8.72. The van der Waals surface area contributed by atoms with Crippen molar-refractivity contribution in [3.8, 4) is 0 Å².